The molecule has 0 unspecified atom stereocenters. The molecule has 5 nitrogen and oxygen atoms in total. The molecule has 2 aromatic carbocycles. The predicted molar refractivity (Wildman–Crippen MR) is 106 cm³/mol. The number of benzene rings is 2. The molecule has 0 fully saturated rings. The van der Waals surface area contributed by atoms with Crippen LogP contribution in [0.1, 0.15) is 23.0 Å². The van der Waals surface area contributed by atoms with Crippen LogP contribution in [-0.2, 0) is 4.79 Å². The van der Waals surface area contributed by atoms with Crippen LogP contribution in [0.2, 0.25) is 5.02 Å². The van der Waals surface area contributed by atoms with E-state index in [1.54, 1.807) is 5.38 Å². The minimum atomic E-state index is -0.323. The van der Waals surface area contributed by atoms with Gasteiger partial charge in [0.15, 0.2) is 5.13 Å². The number of rotatable bonds is 4. The summed E-state index contributed by atoms with van der Waals surface area (Å²) >= 11 is 7.25. The van der Waals surface area contributed by atoms with Crippen LogP contribution in [-0.4, -0.2) is 16.8 Å². The Kier molecular flexibility index (Phi) is 5.35. The Balaban J connectivity index is 1.76. The van der Waals surface area contributed by atoms with E-state index >= 15 is 0 Å². The van der Waals surface area contributed by atoms with Gasteiger partial charge in [0, 0.05) is 23.0 Å². The topological polar surface area (TPSA) is 71.1 Å². The Hall–Kier alpha value is -2.70. The van der Waals surface area contributed by atoms with E-state index in [9.17, 15) is 9.59 Å². The van der Waals surface area contributed by atoms with Gasteiger partial charge in [0.2, 0.25) is 5.91 Å². The standard InChI is InChI=1S/C19H16ClN3O2S/c1-11-8-14(13-4-3-5-15(20)9-13)6-7-16(11)22-18(25)17-10-26-19(23-17)21-12(2)24/h3-10H,1-2H3,(H,22,25)(H,21,23,24). The highest BCUT2D eigenvalue weighted by Gasteiger charge is 2.13. The second-order valence-electron chi connectivity index (χ2n) is 5.71. The lowest BCUT2D eigenvalue weighted by atomic mass is 10.0. The van der Waals surface area contributed by atoms with Crippen LogP contribution in [0.4, 0.5) is 10.8 Å². The lowest BCUT2D eigenvalue weighted by molar-refractivity contribution is -0.114. The molecule has 0 radical (unpaired) electrons. The van der Waals surface area contributed by atoms with E-state index in [2.05, 4.69) is 15.6 Å². The number of halogens is 1. The highest BCUT2D eigenvalue weighted by Crippen LogP contribution is 2.27. The largest absolute Gasteiger partial charge is 0.320 e. The Morgan fingerprint density at radius 2 is 1.85 bits per heavy atom. The van der Waals surface area contributed by atoms with Gasteiger partial charge in [-0.3, -0.25) is 9.59 Å². The molecule has 0 aliphatic heterocycles. The van der Waals surface area contributed by atoms with Crippen LogP contribution < -0.4 is 10.6 Å². The van der Waals surface area contributed by atoms with Crippen molar-refractivity contribution in [3.05, 3.63) is 64.1 Å². The Morgan fingerprint density at radius 1 is 1.08 bits per heavy atom. The number of amides is 2. The van der Waals surface area contributed by atoms with Crippen LogP contribution in [0.5, 0.6) is 0 Å². The third-order valence-corrected chi connectivity index (χ3v) is 4.65. The number of nitrogens with one attached hydrogen (secondary N) is 2. The molecule has 0 aliphatic carbocycles. The molecule has 0 spiro atoms. The van der Waals surface area contributed by atoms with E-state index in [1.807, 2.05) is 49.4 Å². The SMILES string of the molecule is CC(=O)Nc1nc(C(=O)Nc2ccc(-c3cccc(Cl)c3)cc2C)cs1. The molecule has 1 aromatic heterocycles. The van der Waals surface area contributed by atoms with Crippen molar-refractivity contribution in [3.63, 3.8) is 0 Å². The summed E-state index contributed by atoms with van der Waals surface area (Å²) in [5, 5.41) is 8.10. The van der Waals surface area contributed by atoms with Crippen molar-refractivity contribution in [2.75, 3.05) is 10.6 Å². The first-order valence-corrected chi connectivity index (χ1v) is 9.09. The number of hydrogen-bond donors (Lipinski definition) is 2. The first-order valence-electron chi connectivity index (χ1n) is 7.83. The minimum absolute atomic E-state index is 0.223. The van der Waals surface area contributed by atoms with Crippen molar-refractivity contribution in [3.8, 4) is 11.1 Å². The number of carbonyl (C=O) groups excluding carboxylic acids is 2. The Labute approximate surface area is 160 Å². The van der Waals surface area contributed by atoms with Gasteiger partial charge in [0.05, 0.1) is 0 Å². The molecule has 3 rings (SSSR count). The van der Waals surface area contributed by atoms with Crippen molar-refractivity contribution in [1.82, 2.24) is 4.98 Å². The molecule has 1 heterocycles. The van der Waals surface area contributed by atoms with Crippen molar-refractivity contribution in [1.29, 1.82) is 0 Å². The number of hydrogen-bond acceptors (Lipinski definition) is 4. The zero-order valence-electron chi connectivity index (χ0n) is 14.2. The zero-order valence-corrected chi connectivity index (χ0v) is 15.7. The highest BCUT2D eigenvalue weighted by atomic mass is 35.5. The minimum Gasteiger partial charge on any atom is -0.320 e. The Morgan fingerprint density at radius 3 is 2.54 bits per heavy atom. The summed E-state index contributed by atoms with van der Waals surface area (Å²) in [4.78, 5) is 27.5. The Bertz CT molecular complexity index is 984. The van der Waals surface area contributed by atoms with Crippen LogP contribution in [0.15, 0.2) is 47.8 Å². The lowest BCUT2D eigenvalue weighted by Crippen LogP contribution is -2.13. The first-order chi connectivity index (χ1) is 12.4. The summed E-state index contributed by atoms with van der Waals surface area (Å²) in [6, 6.07) is 13.4. The van der Waals surface area contributed by atoms with Crippen molar-refractivity contribution >= 4 is 45.6 Å². The predicted octanol–water partition coefficient (Wildman–Crippen LogP) is 4.98. The maximum absolute atomic E-state index is 12.4. The molecule has 2 amide bonds. The summed E-state index contributed by atoms with van der Waals surface area (Å²) in [6.45, 7) is 3.32. The van der Waals surface area contributed by atoms with Crippen molar-refractivity contribution < 1.29 is 9.59 Å². The van der Waals surface area contributed by atoms with Gasteiger partial charge in [-0.25, -0.2) is 4.98 Å². The summed E-state index contributed by atoms with van der Waals surface area (Å²) in [7, 11) is 0. The summed E-state index contributed by atoms with van der Waals surface area (Å²) < 4.78 is 0. The van der Waals surface area contributed by atoms with Crippen LogP contribution >= 0.6 is 22.9 Å². The second-order valence-corrected chi connectivity index (χ2v) is 7.01. The number of carbonyl (C=O) groups is 2. The quantitative estimate of drug-likeness (QED) is 0.665. The molecular weight excluding hydrogens is 370 g/mol. The number of aromatic nitrogens is 1. The van der Waals surface area contributed by atoms with Crippen LogP contribution in [0.25, 0.3) is 11.1 Å². The van der Waals surface area contributed by atoms with Gasteiger partial charge >= 0.3 is 0 Å². The smallest absolute Gasteiger partial charge is 0.275 e. The summed E-state index contributed by atoms with van der Waals surface area (Å²) in [6.07, 6.45) is 0. The fourth-order valence-electron chi connectivity index (χ4n) is 2.42. The molecular formula is C19H16ClN3O2S. The van der Waals surface area contributed by atoms with Gasteiger partial charge < -0.3 is 10.6 Å². The number of aryl methyl sites for hydroxylation is 1. The number of nitrogens with zero attached hydrogens (tertiary/aromatic N) is 1. The van der Waals surface area contributed by atoms with Gasteiger partial charge in [-0.2, -0.15) is 0 Å². The normalized spacial score (nSPS) is 10.4. The average Bonchev–Trinajstić information content (AvgIpc) is 3.04. The van der Waals surface area contributed by atoms with E-state index in [0.717, 1.165) is 16.7 Å². The lowest BCUT2D eigenvalue weighted by Gasteiger charge is -2.10. The van der Waals surface area contributed by atoms with Gasteiger partial charge in [0.1, 0.15) is 5.69 Å². The second kappa shape index (κ2) is 7.68. The number of anilines is 2. The van der Waals surface area contributed by atoms with E-state index in [-0.39, 0.29) is 17.5 Å². The first kappa shape index (κ1) is 18.1. The van der Waals surface area contributed by atoms with Gasteiger partial charge in [-0.05, 0) is 47.9 Å². The van der Waals surface area contributed by atoms with E-state index < -0.39 is 0 Å². The third kappa shape index (κ3) is 4.28. The molecule has 0 bridgehead atoms. The molecule has 0 saturated heterocycles. The fourth-order valence-corrected chi connectivity index (χ4v) is 3.35. The molecule has 0 atom stereocenters. The van der Waals surface area contributed by atoms with Crippen LogP contribution in [0.3, 0.4) is 0 Å². The molecule has 132 valence electrons. The monoisotopic (exact) mass is 385 g/mol. The molecule has 7 heteroatoms. The van der Waals surface area contributed by atoms with Crippen molar-refractivity contribution in [2.24, 2.45) is 0 Å². The number of thiazole rings is 1. The summed E-state index contributed by atoms with van der Waals surface area (Å²) in [5.41, 5.74) is 3.92. The molecule has 2 N–H and O–H groups in total. The fraction of sp³-hybridized carbons (Fsp3) is 0.105. The molecule has 3 aromatic rings. The van der Waals surface area contributed by atoms with Gasteiger partial charge in [0.25, 0.3) is 5.91 Å². The maximum atomic E-state index is 12.4. The van der Waals surface area contributed by atoms with Gasteiger partial charge in [-0.15, -0.1) is 11.3 Å². The van der Waals surface area contributed by atoms with E-state index in [0.29, 0.717) is 15.8 Å². The van der Waals surface area contributed by atoms with E-state index in [4.69, 9.17) is 11.6 Å². The highest BCUT2D eigenvalue weighted by molar-refractivity contribution is 7.14. The maximum Gasteiger partial charge on any atom is 0.275 e. The van der Waals surface area contributed by atoms with E-state index in [1.165, 1.54) is 18.3 Å². The molecule has 0 saturated carbocycles. The van der Waals surface area contributed by atoms with Crippen molar-refractivity contribution in [2.45, 2.75) is 13.8 Å². The molecule has 0 aliphatic rings. The van der Waals surface area contributed by atoms with Crippen LogP contribution in [0, 0.1) is 6.92 Å². The average molecular weight is 386 g/mol. The molecule has 26 heavy (non-hydrogen) atoms. The zero-order chi connectivity index (χ0) is 18.7. The summed E-state index contributed by atoms with van der Waals surface area (Å²) in [5.74, 6) is -0.546. The van der Waals surface area contributed by atoms with Gasteiger partial charge in [-0.1, -0.05) is 29.8 Å². The third-order valence-electron chi connectivity index (χ3n) is 3.65.